The number of pyridine rings is 1. The predicted molar refractivity (Wildman–Crippen MR) is 101 cm³/mol. The summed E-state index contributed by atoms with van der Waals surface area (Å²) in [5.41, 5.74) is 4.03. The first-order chi connectivity index (χ1) is 12.7. The van der Waals surface area contributed by atoms with E-state index < -0.39 is 11.7 Å². The van der Waals surface area contributed by atoms with Crippen LogP contribution in [0.5, 0.6) is 0 Å². The van der Waals surface area contributed by atoms with Crippen molar-refractivity contribution < 1.29 is 13.2 Å². The highest BCUT2D eigenvalue weighted by molar-refractivity contribution is 6.34. The van der Waals surface area contributed by atoms with E-state index in [1.54, 1.807) is 25.2 Å². The first-order valence-electron chi connectivity index (χ1n) is 8.60. The molecule has 2 aromatic rings. The van der Waals surface area contributed by atoms with Gasteiger partial charge in [0.05, 0.1) is 13.0 Å². The summed E-state index contributed by atoms with van der Waals surface area (Å²) in [5, 5.41) is 3.66. The van der Waals surface area contributed by atoms with Crippen molar-refractivity contribution in [1.29, 1.82) is 0 Å². The van der Waals surface area contributed by atoms with Gasteiger partial charge in [-0.05, 0) is 18.2 Å². The van der Waals surface area contributed by atoms with Crippen LogP contribution in [0.4, 0.5) is 24.5 Å². The Morgan fingerprint density at radius 1 is 1.22 bits per heavy atom. The first kappa shape index (κ1) is 18.8. The van der Waals surface area contributed by atoms with Crippen LogP contribution in [-0.2, 0) is 6.18 Å². The van der Waals surface area contributed by atoms with E-state index in [9.17, 15) is 13.2 Å². The molecular weight excluding hydrogens is 400 g/mol. The third-order valence-corrected chi connectivity index (χ3v) is 6.01. The average molecular weight is 418 g/mol. The van der Waals surface area contributed by atoms with Gasteiger partial charge in [-0.15, -0.1) is 0 Å². The quantitative estimate of drug-likeness (QED) is 0.542. The molecule has 0 aliphatic carbocycles. The topological polar surface area (TPSA) is 37.0 Å². The van der Waals surface area contributed by atoms with Crippen LogP contribution in [-0.4, -0.2) is 31.2 Å². The van der Waals surface area contributed by atoms with Crippen molar-refractivity contribution in [3.63, 3.8) is 0 Å². The minimum Gasteiger partial charge on any atom is -0.316 e. The van der Waals surface area contributed by atoms with Crippen molar-refractivity contribution >= 4 is 34.6 Å². The largest absolute Gasteiger partial charge is 0.422 e. The second-order valence-corrected chi connectivity index (χ2v) is 7.81. The number of aromatic nitrogens is 1. The van der Waals surface area contributed by atoms with Gasteiger partial charge in [-0.1, -0.05) is 35.3 Å². The van der Waals surface area contributed by atoms with Crippen LogP contribution < -0.4 is 15.3 Å². The molecule has 1 aromatic heterocycles. The number of rotatable bonds is 2. The minimum absolute atomic E-state index is 0.0208. The van der Waals surface area contributed by atoms with Gasteiger partial charge in [-0.25, -0.2) is 10.4 Å². The number of nitrogens with zero attached hydrogens (tertiary/aromatic N) is 2. The summed E-state index contributed by atoms with van der Waals surface area (Å²) in [6, 6.07) is 7.57. The van der Waals surface area contributed by atoms with E-state index in [-0.39, 0.29) is 32.5 Å². The number of nitrogens with one attached hydrogen (secondary N) is 2. The third-order valence-electron chi connectivity index (χ3n) is 5.51. The van der Waals surface area contributed by atoms with Crippen LogP contribution >= 0.6 is 23.2 Å². The number of benzene rings is 1. The van der Waals surface area contributed by atoms with Crippen LogP contribution in [0.2, 0.25) is 10.3 Å². The molecule has 3 atom stereocenters. The lowest BCUT2D eigenvalue weighted by molar-refractivity contribution is -0.137. The molecule has 0 amide bonds. The van der Waals surface area contributed by atoms with Gasteiger partial charge in [0, 0.05) is 25.1 Å². The van der Waals surface area contributed by atoms with E-state index in [1.165, 1.54) is 6.07 Å². The Hall–Kier alpha value is -1.54. The van der Waals surface area contributed by atoms with E-state index in [4.69, 9.17) is 23.2 Å². The number of fused-ring (bicyclic) bond motifs is 3. The average Bonchev–Trinajstić information content (AvgIpc) is 2.87. The van der Waals surface area contributed by atoms with Crippen molar-refractivity contribution in [2.24, 2.45) is 0 Å². The van der Waals surface area contributed by atoms with Gasteiger partial charge in [-0.2, -0.15) is 17.8 Å². The highest BCUT2D eigenvalue weighted by Gasteiger charge is 2.56. The van der Waals surface area contributed by atoms with Crippen molar-refractivity contribution in [3.8, 4) is 0 Å². The van der Waals surface area contributed by atoms with Crippen LogP contribution in [0.3, 0.4) is 0 Å². The van der Waals surface area contributed by atoms with E-state index in [0.29, 0.717) is 12.2 Å². The molecule has 27 heavy (non-hydrogen) atoms. The lowest BCUT2D eigenvalue weighted by atomic mass is 9.89. The van der Waals surface area contributed by atoms with E-state index in [0.717, 1.165) is 24.6 Å². The minimum atomic E-state index is -4.45. The monoisotopic (exact) mass is 417 g/mol. The summed E-state index contributed by atoms with van der Waals surface area (Å²) < 4.78 is 41.4. The highest BCUT2D eigenvalue weighted by atomic mass is 35.5. The number of hydrogen-bond donors (Lipinski definition) is 2. The number of quaternary nitrogens is 1. The van der Waals surface area contributed by atoms with E-state index in [2.05, 4.69) is 15.7 Å². The zero-order valence-electron chi connectivity index (χ0n) is 14.4. The highest BCUT2D eigenvalue weighted by Crippen LogP contribution is 2.52. The standard InChI is InChI=1S/C18H18Cl2F3N4/c1-27(26-13-5-6-15(19)25-17(13)20)14-7-8-24-9-11(14)10-3-2-4-12(16(10)27)18(21,22)23/h2-6,11,14,24,26H,7-9H2,1H3/q+1/t11?,14-,27+/m1/s1. The fourth-order valence-corrected chi connectivity index (χ4v) is 4.83. The summed E-state index contributed by atoms with van der Waals surface area (Å²) in [7, 11) is 1.77. The number of para-hydroxylation sites is 1. The zero-order chi connectivity index (χ0) is 19.4. The summed E-state index contributed by atoms with van der Waals surface area (Å²) in [6.45, 7) is 1.39. The van der Waals surface area contributed by atoms with Crippen molar-refractivity contribution in [1.82, 2.24) is 14.9 Å². The molecular formula is C18H18Cl2F3N4+. The van der Waals surface area contributed by atoms with E-state index in [1.807, 2.05) is 0 Å². The van der Waals surface area contributed by atoms with Gasteiger partial charge in [0.15, 0.2) is 10.8 Å². The lowest BCUT2D eigenvalue weighted by Gasteiger charge is -2.40. The van der Waals surface area contributed by atoms with Gasteiger partial charge < -0.3 is 5.32 Å². The van der Waals surface area contributed by atoms with Crippen LogP contribution in [0, 0.1) is 0 Å². The number of piperidine rings is 1. The molecule has 4 rings (SSSR count). The maximum Gasteiger partial charge on any atom is 0.422 e. The molecule has 4 nitrogen and oxygen atoms in total. The molecule has 2 aliphatic rings. The van der Waals surface area contributed by atoms with Gasteiger partial charge in [-0.3, -0.25) is 0 Å². The van der Waals surface area contributed by atoms with Crippen LogP contribution in [0.15, 0.2) is 30.3 Å². The Balaban J connectivity index is 1.89. The molecule has 1 fully saturated rings. The smallest absolute Gasteiger partial charge is 0.316 e. The summed E-state index contributed by atoms with van der Waals surface area (Å²) in [6.07, 6.45) is -3.71. The SMILES string of the molecule is C[N@@+]1(Nc2ccc(Cl)nc2Cl)c2c(cccc2C(F)(F)F)C2CNCC[C@H]21. The maximum absolute atomic E-state index is 13.8. The molecule has 9 heteroatoms. The van der Waals surface area contributed by atoms with Crippen molar-refractivity contribution in [2.45, 2.75) is 24.6 Å². The van der Waals surface area contributed by atoms with Crippen molar-refractivity contribution in [3.05, 3.63) is 51.8 Å². The van der Waals surface area contributed by atoms with Crippen LogP contribution in [0.25, 0.3) is 0 Å². The Morgan fingerprint density at radius 2 is 2.00 bits per heavy atom. The maximum atomic E-state index is 13.8. The molecule has 0 spiro atoms. The molecule has 0 saturated carbocycles. The van der Waals surface area contributed by atoms with Crippen LogP contribution in [0.1, 0.15) is 23.5 Å². The van der Waals surface area contributed by atoms with E-state index >= 15 is 0 Å². The number of anilines is 1. The third kappa shape index (κ3) is 3.06. The van der Waals surface area contributed by atoms with Gasteiger partial charge >= 0.3 is 6.18 Å². The molecule has 1 unspecified atom stereocenters. The predicted octanol–water partition coefficient (Wildman–Crippen LogP) is 4.83. The second kappa shape index (κ2) is 6.51. The Morgan fingerprint density at radius 3 is 2.70 bits per heavy atom. The molecule has 0 bridgehead atoms. The summed E-state index contributed by atoms with van der Waals surface area (Å²) in [5.74, 6) is -0.0208. The Labute approximate surface area is 164 Å². The summed E-state index contributed by atoms with van der Waals surface area (Å²) >= 11 is 12.1. The number of hydrogen-bond acceptors (Lipinski definition) is 3. The molecule has 2 aliphatic heterocycles. The molecule has 0 radical (unpaired) electrons. The number of alkyl halides is 3. The molecule has 2 N–H and O–H groups in total. The normalized spacial score (nSPS) is 27.2. The fourth-order valence-electron chi connectivity index (χ4n) is 4.44. The van der Waals surface area contributed by atoms with Gasteiger partial charge in [0.1, 0.15) is 22.4 Å². The molecule has 1 saturated heterocycles. The fraction of sp³-hybridized carbons (Fsp3) is 0.389. The van der Waals surface area contributed by atoms with Gasteiger partial charge in [0.25, 0.3) is 0 Å². The second-order valence-electron chi connectivity index (χ2n) is 7.07. The Bertz CT molecular complexity index is 889. The number of likely N-dealkylation sites (N-methyl/N-ethyl adjacent to an activating group) is 1. The molecule has 3 heterocycles. The molecule has 144 valence electrons. The number of halogens is 5. The van der Waals surface area contributed by atoms with Crippen molar-refractivity contribution in [2.75, 3.05) is 25.6 Å². The Kier molecular flexibility index (Phi) is 4.54. The zero-order valence-corrected chi connectivity index (χ0v) is 16.0. The first-order valence-corrected chi connectivity index (χ1v) is 9.35. The lowest BCUT2D eigenvalue weighted by Crippen LogP contribution is -2.59. The molecule has 1 aromatic carbocycles. The summed E-state index contributed by atoms with van der Waals surface area (Å²) in [4.78, 5) is 4.00. The van der Waals surface area contributed by atoms with Gasteiger partial charge in [0.2, 0.25) is 0 Å².